The van der Waals surface area contributed by atoms with E-state index >= 15 is 0 Å². The van der Waals surface area contributed by atoms with Gasteiger partial charge in [-0.3, -0.25) is 0 Å². The number of carbonyl (C=O) groups is 1. The van der Waals surface area contributed by atoms with E-state index < -0.39 is 5.60 Å². The second-order valence-corrected chi connectivity index (χ2v) is 8.57. The number of hydrogen-bond donors (Lipinski definition) is 0. The summed E-state index contributed by atoms with van der Waals surface area (Å²) >= 11 is 0. The first-order valence-electron chi connectivity index (χ1n) is 10.7. The molecule has 6 heteroatoms. The molecule has 0 aromatic heterocycles. The molecule has 1 saturated heterocycles. The smallest absolute Gasteiger partial charge is 0.332 e. The molecule has 0 bridgehead atoms. The highest BCUT2D eigenvalue weighted by Crippen LogP contribution is 2.48. The van der Waals surface area contributed by atoms with Gasteiger partial charge in [0.2, 0.25) is 0 Å². The standard InChI is InChI=1S/C22H38O6/c1-5-6-7-8-19-18(9-11-22(19)26-15-16-27-22)10-12-24-13-14-25-17-20(23)28-21(2,3)4/h6-7,18-19H,5,8-17H2,1-4H3/b7-6-/t18-,19-/m1/s1. The van der Waals surface area contributed by atoms with Crippen LogP contribution in [0.1, 0.15) is 59.8 Å². The summed E-state index contributed by atoms with van der Waals surface area (Å²) < 4.78 is 28.3. The molecule has 1 aliphatic carbocycles. The maximum Gasteiger partial charge on any atom is 0.332 e. The highest BCUT2D eigenvalue weighted by Gasteiger charge is 2.51. The number of ether oxygens (including phenoxy) is 5. The zero-order chi connectivity index (χ0) is 20.5. The average Bonchev–Trinajstić information content (AvgIpc) is 3.22. The van der Waals surface area contributed by atoms with Gasteiger partial charge in [-0.15, -0.1) is 0 Å². The van der Waals surface area contributed by atoms with Gasteiger partial charge >= 0.3 is 5.97 Å². The molecular weight excluding hydrogens is 360 g/mol. The fourth-order valence-corrected chi connectivity index (χ4v) is 4.07. The molecule has 6 nitrogen and oxygen atoms in total. The molecule has 2 aliphatic rings. The first kappa shape index (κ1) is 23.3. The van der Waals surface area contributed by atoms with Crippen molar-refractivity contribution in [3.05, 3.63) is 12.2 Å². The van der Waals surface area contributed by atoms with E-state index in [1.807, 2.05) is 20.8 Å². The van der Waals surface area contributed by atoms with Gasteiger partial charge in [-0.05, 0) is 52.4 Å². The number of rotatable bonds is 11. The summed E-state index contributed by atoms with van der Waals surface area (Å²) in [7, 11) is 0. The number of carbonyl (C=O) groups excluding carboxylic acids is 1. The van der Waals surface area contributed by atoms with Gasteiger partial charge < -0.3 is 23.7 Å². The van der Waals surface area contributed by atoms with E-state index in [2.05, 4.69) is 19.1 Å². The van der Waals surface area contributed by atoms with Crippen LogP contribution in [0.15, 0.2) is 12.2 Å². The molecule has 2 rings (SSSR count). The maximum absolute atomic E-state index is 11.6. The SMILES string of the molecule is CC/C=C\C[C@@H]1[C@@H](CCOCCOCC(=O)OC(C)(C)C)CCC12OCCO2. The first-order valence-corrected chi connectivity index (χ1v) is 10.7. The molecule has 0 aromatic carbocycles. The zero-order valence-electron chi connectivity index (χ0n) is 18.0. The fraction of sp³-hybridized carbons (Fsp3) is 0.864. The third kappa shape index (κ3) is 7.47. The van der Waals surface area contributed by atoms with Gasteiger partial charge in [-0.25, -0.2) is 4.79 Å². The molecule has 0 radical (unpaired) electrons. The van der Waals surface area contributed by atoms with Crippen molar-refractivity contribution < 1.29 is 28.5 Å². The van der Waals surface area contributed by atoms with Gasteiger partial charge in [-0.2, -0.15) is 0 Å². The topological polar surface area (TPSA) is 63.2 Å². The molecule has 2 fully saturated rings. The molecule has 0 amide bonds. The van der Waals surface area contributed by atoms with E-state index in [9.17, 15) is 4.79 Å². The largest absolute Gasteiger partial charge is 0.458 e. The third-order valence-corrected chi connectivity index (χ3v) is 5.21. The van der Waals surface area contributed by atoms with Crippen LogP contribution in [0.3, 0.4) is 0 Å². The summed E-state index contributed by atoms with van der Waals surface area (Å²) in [6, 6.07) is 0. The van der Waals surface area contributed by atoms with Crippen LogP contribution in [0.2, 0.25) is 0 Å². The van der Waals surface area contributed by atoms with Gasteiger partial charge in [0.1, 0.15) is 12.2 Å². The van der Waals surface area contributed by atoms with E-state index in [1.165, 1.54) is 0 Å². The van der Waals surface area contributed by atoms with Gasteiger partial charge in [0.25, 0.3) is 0 Å². The van der Waals surface area contributed by atoms with Gasteiger partial charge in [0.05, 0.1) is 26.4 Å². The van der Waals surface area contributed by atoms with E-state index in [-0.39, 0.29) is 18.4 Å². The molecule has 1 spiro atoms. The van der Waals surface area contributed by atoms with Crippen LogP contribution in [0.4, 0.5) is 0 Å². The van der Waals surface area contributed by atoms with Crippen LogP contribution < -0.4 is 0 Å². The van der Waals surface area contributed by atoms with Crippen LogP contribution >= 0.6 is 0 Å². The third-order valence-electron chi connectivity index (χ3n) is 5.21. The van der Waals surface area contributed by atoms with Crippen molar-refractivity contribution >= 4 is 5.97 Å². The van der Waals surface area contributed by atoms with Gasteiger partial charge in [-0.1, -0.05) is 19.1 Å². The Bertz CT molecular complexity index is 490. The fourth-order valence-electron chi connectivity index (χ4n) is 4.07. The van der Waals surface area contributed by atoms with Crippen molar-refractivity contribution in [1.82, 2.24) is 0 Å². The Balaban J connectivity index is 1.63. The molecule has 162 valence electrons. The molecule has 1 heterocycles. The minimum absolute atomic E-state index is 0.0354. The zero-order valence-corrected chi connectivity index (χ0v) is 18.0. The van der Waals surface area contributed by atoms with Crippen molar-refractivity contribution in [2.75, 3.05) is 39.6 Å². The van der Waals surface area contributed by atoms with E-state index in [0.717, 1.165) is 32.1 Å². The lowest BCUT2D eigenvalue weighted by Gasteiger charge is -2.31. The van der Waals surface area contributed by atoms with Crippen LogP contribution in [0.5, 0.6) is 0 Å². The molecule has 0 N–H and O–H groups in total. The lowest BCUT2D eigenvalue weighted by molar-refractivity contribution is -0.185. The van der Waals surface area contributed by atoms with E-state index in [0.29, 0.717) is 44.9 Å². The Hall–Kier alpha value is -0.950. The predicted molar refractivity (Wildman–Crippen MR) is 107 cm³/mol. The maximum atomic E-state index is 11.6. The van der Waals surface area contributed by atoms with Crippen molar-refractivity contribution in [3.8, 4) is 0 Å². The monoisotopic (exact) mass is 398 g/mol. The minimum atomic E-state index is -0.481. The molecule has 2 atom stereocenters. The van der Waals surface area contributed by atoms with Crippen molar-refractivity contribution in [2.24, 2.45) is 11.8 Å². The summed E-state index contributed by atoms with van der Waals surface area (Å²) in [4.78, 5) is 11.6. The van der Waals surface area contributed by atoms with Crippen molar-refractivity contribution in [2.45, 2.75) is 71.2 Å². The lowest BCUT2D eigenvalue weighted by atomic mass is 9.87. The number of allylic oxidation sites excluding steroid dienone is 2. The van der Waals surface area contributed by atoms with E-state index in [4.69, 9.17) is 23.7 Å². The van der Waals surface area contributed by atoms with Crippen LogP contribution in [-0.4, -0.2) is 57.0 Å². The molecule has 0 aromatic rings. The number of hydrogen-bond acceptors (Lipinski definition) is 6. The van der Waals surface area contributed by atoms with Crippen molar-refractivity contribution in [3.63, 3.8) is 0 Å². The highest BCUT2D eigenvalue weighted by molar-refractivity contribution is 5.71. The number of esters is 1. The molecule has 1 saturated carbocycles. The van der Waals surface area contributed by atoms with E-state index in [1.54, 1.807) is 0 Å². The Morgan fingerprint density at radius 2 is 1.82 bits per heavy atom. The van der Waals surface area contributed by atoms with Crippen LogP contribution in [-0.2, 0) is 28.5 Å². The first-order chi connectivity index (χ1) is 13.4. The highest BCUT2D eigenvalue weighted by atomic mass is 16.7. The predicted octanol–water partition coefficient (Wildman–Crippen LogP) is 3.88. The summed E-state index contributed by atoms with van der Waals surface area (Å²) in [5, 5.41) is 0. The molecule has 1 aliphatic heterocycles. The lowest BCUT2D eigenvalue weighted by Crippen LogP contribution is -2.36. The Kier molecular flexibility index (Phi) is 9.41. The van der Waals surface area contributed by atoms with Crippen LogP contribution in [0, 0.1) is 11.8 Å². The second kappa shape index (κ2) is 11.3. The van der Waals surface area contributed by atoms with Gasteiger partial charge in [0.15, 0.2) is 5.79 Å². The summed E-state index contributed by atoms with van der Waals surface area (Å²) in [5.74, 6) is 0.217. The molecular formula is C22H38O6. The minimum Gasteiger partial charge on any atom is -0.458 e. The quantitative estimate of drug-likeness (QED) is 0.299. The van der Waals surface area contributed by atoms with Crippen molar-refractivity contribution in [1.29, 1.82) is 0 Å². The molecule has 28 heavy (non-hydrogen) atoms. The Morgan fingerprint density at radius 1 is 1.11 bits per heavy atom. The van der Waals surface area contributed by atoms with Crippen LogP contribution in [0.25, 0.3) is 0 Å². The average molecular weight is 399 g/mol. The van der Waals surface area contributed by atoms with Gasteiger partial charge in [0, 0.05) is 18.9 Å². The summed E-state index contributed by atoms with van der Waals surface area (Å²) in [6.07, 6.45) is 9.61. The normalized spacial score (nSPS) is 24.4. The Morgan fingerprint density at radius 3 is 2.50 bits per heavy atom. The Labute approximate surface area is 169 Å². The summed E-state index contributed by atoms with van der Waals surface area (Å²) in [6.45, 7) is 10.6. The summed E-state index contributed by atoms with van der Waals surface area (Å²) in [5.41, 5.74) is -0.481. The molecule has 0 unspecified atom stereocenters. The second-order valence-electron chi connectivity index (χ2n) is 8.57.